The van der Waals surface area contributed by atoms with E-state index in [0.717, 1.165) is 32.5 Å². The van der Waals surface area contributed by atoms with Crippen molar-refractivity contribution in [3.8, 4) is 0 Å². The Morgan fingerprint density at radius 2 is 1.94 bits per heavy atom. The molecule has 0 aromatic rings. The molecule has 5 heteroatoms. The van der Waals surface area contributed by atoms with Crippen LogP contribution in [0.4, 0.5) is 0 Å². The summed E-state index contributed by atoms with van der Waals surface area (Å²) in [6, 6.07) is 0. The number of carbonyl (C=O) groups is 2. The summed E-state index contributed by atoms with van der Waals surface area (Å²) in [5.41, 5.74) is -0.571. The van der Waals surface area contributed by atoms with Crippen molar-refractivity contribution in [2.24, 2.45) is 5.92 Å². The van der Waals surface area contributed by atoms with Gasteiger partial charge >= 0.3 is 0 Å². The maximum Gasteiger partial charge on any atom is 0.246 e. The van der Waals surface area contributed by atoms with E-state index >= 15 is 0 Å². The van der Waals surface area contributed by atoms with E-state index in [1.807, 2.05) is 18.7 Å². The smallest absolute Gasteiger partial charge is 0.246 e. The van der Waals surface area contributed by atoms with Gasteiger partial charge in [0.15, 0.2) is 0 Å². The molecule has 0 bridgehead atoms. The molecule has 0 unspecified atom stereocenters. The van der Waals surface area contributed by atoms with Gasteiger partial charge < -0.3 is 5.32 Å². The summed E-state index contributed by atoms with van der Waals surface area (Å²) in [6.07, 6.45) is 2.25. The number of carbonyl (C=O) groups excluding carboxylic acids is 2. The molecule has 0 aliphatic carbocycles. The highest BCUT2D eigenvalue weighted by molar-refractivity contribution is 6.02. The molecule has 0 atom stereocenters. The topological polar surface area (TPSA) is 61.4 Å². The van der Waals surface area contributed by atoms with Crippen LogP contribution in [0.25, 0.3) is 0 Å². The van der Waals surface area contributed by atoms with E-state index in [2.05, 4.69) is 10.6 Å². The van der Waals surface area contributed by atoms with Crippen molar-refractivity contribution in [2.75, 3.05) is 26.2 Å². The number of imide groups is 1. The van der Waals surface area contributed by atoms with E-state index in [1.54, 1.807) is 0 Å². The normalized spacial score (nSPS) is 26.9. The number of hydrogen-bond acceptors (Lipinski definition) is 4. The molecule has 2 heterocycles. The van der Waals surface area contributed by atoms with Crippen molar-refractivity contribution in [3.63, 3.8) is 0 Å². The number of piperidine rings is 1. The standard InChI is InChI=1S/C12H21N3O2/c1-12(2)11(17)14-10(16)8-15(12)7-9-3-5-13-6-4-9/h9,13H,3-8H2,1-2H3,(H,14,16,17). The second-order valence-corrected chi connectivity index (χ2v) is 5.51. The fourth-order valence-electron chi connectivity index (χ4n) is 2.50. The predicted molar refractivity (Wildman–Crippen MR) is 64.4 cm³/mol. The van der Waals surface area contributed by atoms with Crippen molar-refractivity contribution in [3.05, 3.63) is 0 Å². The zero-order valence-corrected chi connectivity index (χ0v) is 10.6. The lowest BCUT2D eigenvalue weighted by atomic mass is 9.92. The average molecular weight is 239 g/mol. The van der Waals surface area contributed by atoms with Gasteiger partial charge in [0, 0.05) is 6.54 Å². The van der Waals surface area contributed by atoms with Crippen molar-refractivity contribution in [2.45, 2.75) is 32.2 Å². The van der Waals surface area contributed by atoms with Gasteiger partial charge in [-0.05, 0) is 45.7 Å². The van der Waals surface area contributed by atoms with Crippen molar-refractivity contribution < 1.29 is 9.59 Å². The maximum absolute atomic E-state index is 11.8. The zero-order valence-electron chi connectivity index (χ0n) is 10.6. The highest BCUT2D eigenvalue weighted by Crippen LogP contribution is 2.22. The first-order chi connectivity index (χ1) is 8.00. The minimum absolute atomic E-state index is 0.178. The molecule has 2 fully saturated rings. The number of nitrogens with zero attached hydrogens (tertiary/aromatic N) is 1. The third-order valence-corrected chi connectivity index (χ3v) is 3.87. The van der Waals surface area contributed by atoms with Crippen molar-refractivity contribution in [1.82, 2.24) is 15.5 Å². The number of nitrogens with one attached hydrogen (secondary N) is 2. The number of hydrogen-bond donors (Lipinski definition) is 2. The molecule has 2 amide bonds. The third kappa shape index (κ3) is 2.66. The van der Waals surface area contributed by atoms with Gasteiger partial charge in [0.2, 0.25) is 11.8 Å². The highest BCUT2D eigenvalue weighted by atomic mass is 16.2. The van der Waals surface area contributed by atoms with Crippen LogP contribution in [-0.2, 0) is 9.59 Å². The van der Waals surface area contributed by atoms with Crippen LogP contribution in [0, 0.1) is 5.92 Å². The van der Waals surface area contributed by atoms with Gasteiger partial charge in [-0.3, -0.25) is 19.8 Å². The quantitative estimate of drug-likeness (QED) is 0.651. The Kier molecular flexibility index (Phi) is 3.49. The Morgan fingerprint density at radius 3 is 2.59 bits per heavy atom. The molecule has 0 aromatic heterocycles. The van der Waals surface area contributed by atoms with Gasteiger partial charge in [0.25, 0.3) is 0 Å². The molecule has 96 valence electrons. The number of piperazine rings is 1. The molecule has 2 rings (SSSR count). The van der Waals surface area contributed by atoms with E-state index in [-0.39, 0.29) is 11.8 Å². The molecule has 0 aromatic carbocycles. The first-order valence-electron chi connectivity index (χ1n) is 6.30. The molecular weight excluding hydrogens is 218 g/mol. The molecule has 2 saturated heterocycles. The number of rotatable bonds is 2. The van der Waals surface area contributed by atoms with E-state index in [9.17, 15) is 9.59 Å². The second kappa shape index (κ2) is 4.74. The molecule has 2 aliphatic rings. The van der Waals surface area contributed by atoms with Crippen LogP contribution in [0.1, 0.15) is 26.7 Å². The molecule has 0 radical (unpaired) electrons. The zero-order chi connectivity index (χ0) is 12.5. The maximum atomic E-state index is 11.8. The van der Waals surface area contributed by atoms with Crippen LogP contribution >= 0.6 is 0 Å². The summed E-state index contributed by atoms with van der Waals surface area (Å²) >= 11 is 0. The van der Waals surface area contributed by atoms with Gasteiger partial charge in [-0.1, -0.05) is 0 Å². The molecule has 5 nitrogen and oxygen atoms in total. The Morgan fingerprint density at radius 1 is 1.29 bits per heavy atom. The SMILES string of the molecule is CC1(C)C(=O)NC(=O)CN1CC1CCNCC1. The second-order valence-electron chi connectivity index (χ2n) is 5.51. The van der Waals surface area contributed by atoms with Crippen LogP contribution in [-0.4, -0.2) is 48.4 Å². The van der Waals surface area contributed by atoms with Gasteiger partial charge in [0.05, 0.1) is 12.1 Å². The van der Waals surface area contributed by atoms with Crippen LogP contribution in [0.2, 0.25) is 0 Å². The minimum atomic E-state index is -0.571. The van der Waals surface area contributed by atoms with Gasteiger partial charge in [-0.25, -0.2) is 0 Å². The lowest BCUT2D eigenvalue weighted by Crippen LogP contribution is -2.64. The van der Waals surface area contributed by atoms with Crippen LogP contribution in [0.15, 0.2) is 0 Å². The molecular formula is C12H21N3O2. The Balaban J connectivity index is 2.01. The Bertz CT molecular complexity index is 322. The summed E-state index contributed by atoms with van der Waals surface area (Å²) in [5, 5.41) is 5.73. The molecule has 2 N–H and O–H groups in total. The van der Waals surface area contributed by atoms with Crippen molar-refractivity contribution >= 4 is 11.8 Å². The number of amides is 2. The first kappa shape index (κ1) is 12.5. The van der Waals surface area contributed by atoms with Gasteiger partial charge in [-0.15, -0.1) is 0 Å². The summed E-state index contributed by atoms with van der Waals surface area (Å²) in [7, 11) is 0. The monoisotopic (exact) mass is 239 g/mol. The van der Waals surface area contributed by atoms with E-state index in [4.69, 9.17) is 0 Å². The third-order valence-electron chi connectivity index (χ3n) is 3.87. The highest BCUT2D eigenvalue weighted by Gasteiger charge is 2.41. The summed E-state index contributed by atoms with van der Waals surface area (Å²) in [4.78, 5) is 25.2. The largest absolute Gasteiger partial charge is 0.317 e. The molecule has 17 heavy (non-hydrogen) atoms. The minimum Gasteiger partial charge on any atom is -0.317 e. The van der Waals surface area contributed by atoms with Crippen LogP contribution in [0.5, 0.6) is 0 Å². The van der Waals surface area contributed by atoms with E-state index in [1.165, 1.54) is 0 Å². The fraction of sp³-hybridized carbons (Fsp3) is 0.833. The van der Waals surface area contributed by atoms with Gasteiger partial charge in [0.1, 0.15) is 0 Å². The van der Waals surface area contributed by atoms with Gasteiger partial charge in [-0.2, -0.15) is 0 Å². The van der Waals surface area contributed by atoms with Crippen LogP contribution < -0.4 is 10.6 Å². The van der Waals surface area contributed by atoms with E-state index in [0.29, 0.717) is 12.5 Å². The lowest BCUT2D eigenvalue weighted by Gasteiger charge is -2.42. The average Bonchev–Trinajstić information content (AvgIpc) is 2.27. The lowest BCUT2D eigenvalue weighted by molar-refractivity contribution is -0.145. The predicted octanol–water partition coefficient (Wildman–Crippen LogP) is -0.277. The Labute approximate surface area is 102 Å². The molecule has 2 aliphatic heterocycles. The molecule has 0 saturated carbocycles. The summed E-state index contributed by atoms with van der Waals surface area (Å²) in [6.45, 7) is 7.03. The first-order valence-corrected chi connectivity index (χ1v) is 6.30. The summed E-state index contributed by atoms with van der Waals surface area (Å²) < 4.78 is 0. The van der Waals surface area contributed by atoms with Crippen molar-refractivity contribution in [1.29, 1.82) is 0 Å². The van der Waals surface area contributed by atoms with Crippen LogP contribution in [0.3, 0.4) is 0 Å². The fourth-order valence-corrected chi connectivity index (χ4v) is 2.50. The van der Waals surface area contributed by atoms with E-state index < -0.39 is 5.54 Å². The Hall–Kier alpha value is -0.940. The summed E-state index contributed by atoms with van der Waals surface area (Å²) in [5.74, 6) is 0.236. The molecule has 0 spiro atoms.